The molecule has 266 valence electrons. The van der Waals surface area contributed by atoms with E-state index in [0.717, 1.165) is 41.9 Å². The molecule has 0 fully saturated rings. The summed E-state index contributed by atoms with van der Waals surface area (Å²) < 4.78 is 37.8. The number of anilines is 2. The second kappa shape index (κ2) is 22.4. The van der Waals surface area contributed by atoms with E-state index in [9.17, 15) is 14.9 Å². The van der Waals surface area contributed by atoms with Crippen LogP contribution >= 0.6 is 0 Å². The number of nitriles is 1. The van der Waals surface area contributed by atoms with Gasteiger partial charge < -0.3 is 43.4 Å². The first-order valence-corrected chi connectivity index (χ1v) is 16.6. The Bertz CT molecular complexity index is 1440. The molecule has 0 saturated heterocycles. The number of esters is 1. The minimum atomic E-state index is -0.460. The molecule has 1 aliphatic rings. The Kier molecular flexibility index (Phi) is 17.9. The van der Waals surface area contributed by atoms with Crippen molar-refractivity contribution in [1.29, 1.82) is 5.26 Å². The molecule has 0 spiro atoms. The topological polar surface area (TPSA) is 138 Å². The SMILES string of the molecule is C=C(C)C(=O)OCCOCCOCCOCCOCCOCCNC(=O)C(C#N)=C1c2ccccc2N(CCCC)c2ccc(OC)cc21. The molecule has 2 aromatic rings. The van der Waals surface area contributed by atoms with E-state index in [0.29, 0.717) is 76.4 Å². The first-order chi connectivity index (χ1) is 23.9. The fourth-order valence-electron chi connectivity index (χ4n) is 4.94. The average molecular weight is 680 g/mol. The highest BCUT2D eigenvalue weighted by molar-refractivity contribution is 6.12. The zero-order valence-corrected chi connectivity index (χ0v) is 28.9. The average Bonchev–Trinajstić information content (AvgIpc) is 3.11. The Morgan fingerprint density at radius 3 is 1.96 bits per heavy atom. The summed E-state index contributed by atoms with van der Waals surface area (Å²) >= 11 is 0. The Morgan fingerprint density at radius 1 is 0.816 bits per heavy atom. The molecule has 12 heteroatoms. The van der Waals surface area contributed by atoms with Gasteiger partial charge >= 0.3 is 5.97 Å². The first kappa shape index (κ1) is 39.2. The highest BCUT2D eigenvalue weighted by atomic mass is 16.6. The van der Waals surface area contributed by atoms with Crippen LogP contribution < -0.4 is 15.0 Å². The van der Waals surface area contributed by atoms with Gasteiger partial charge in [0.15, 0.2) is 0 Å². The maximum absolute atomic E-state index is 13.3. The molecule has 0 saturated carbocycles. The summed E-state index contributed by atoms with van der Waals surface area (Å²) in [5.74, 6) is -0.238. The molecular formula is C37H49N3O9. The number of amides is 1. The number of benzene rings is 2. The lowest BCUT2D eigenvalue weighted by Crippen LogP contribution is -2.30. The van der Waals surface area contributed by atoms with Crippen LogP contribution in [0.4, 0.5) is 11.4 Å². The third kappa shape index (κ3) is 12.6. The maximum Gasteiger partial charge on any atom is 0.333 e. The summed E-state index contributed by atoms with van der Waals surface area (Å²) in [5, 5.41) is 13.1. The predicted molar refractivity (Wildman–Crippen MR) is 186 cm³/mol. The molecule has 1 N–H and O–H groups in total. The Hall–Kier alpha value is -4.25. The quantitative estimate of drug-likeness (QED) is 0.0722. The van der Waals surface area contributed by atoms with Crippen molar-refractivity contribution in [3.05, 3.63) is 71.3 Å². The van der Waals surface area contributed by atoms with Crippen LogP contribution in [-0.2, 0) is 38.0 Å². The fraction of sp³-hybridized carbons (Fsp3) is 0.486. The third-order valence-corrected chi connectivity index (χ3v) is 7.38. The molecule has 2 aromatic carbocycles. The normalized spacial score (nSPS) is 12.8. The number of unbranched alkanes of at least 4 members (excludes halogenated alkanes) is 1. The number of carbonyl (C=O) groups excluding carboxylic acids is 2. The summed E-state index contributed by atoms with van der Waals surface area (Å²) in [6, 6.07) is 15.8. The van der Waals surface area contributed by atoms with Gasteiger partial charge in [-0.25, -0.2) is 4.79 Å². The number of carbonyl (C=O) groups is 2. The number of nitrogens with zero attached hydrogens (tertiary/aromatic N) is 2. The van der Waals surface area contributed by atoms with E-state index < -0.39 is 11.9 Å². The van der Waals surface area contributed by atoms with Gasteiger partial charge in [-0.15, -0.1) is 0 Å². The van der Waals surface area contributed by atoms with Gasteiger partial charge in [0.05, 0.1) is 73.2 Å². The number of methoxy groups -OCH3 is 1. The number of ether oxygens (including phenoxy) is 7. The molecule has 0 unspecified atom stereocenters. The van der Waals surface area contributed by atoms with E-state index in [4.69, 9.17) is 33.2 Å². The maximum atomic E-state index is 13.3. The number of rotatable bonds is 24. The zero-order chi connectivity index (χ0) is 35.3. The van der Waals surface area contributed by atoms with Crippen LogP contribution in [0.5, 0.6) is 5.75 Å². The number of para-hydroxylation sites is 1. The largest absolute Gasteiger partial charge is 0.497 e. The summed E-state index contributed by atoms with van der Waals surface area (Å²) in [6.45, 7) is 12.3. The molecule has 0 aromatic heterocycles. The van der Waals surface area contributed by atoms with Crippen molar-refractivity contribution in [2.75, 3.05) is 97.8 Å². The fourth-order valence-corrected chi connectivity index (χ4v) is 4.94. The molecule has 12 nitrogen and oxygen atoms in total. The van der Waals surface area contributed by atoms with Gasteiger partial charge in [-0.05, 0) is 37.6 Å². The van der Waals surface area contributed by atoms with Crippen LogP contribution in [0.2, 0.25) is 0 Å². The van der Waals surface area contributed by atoms with Crippen LogP contribution in [0.1, 0.15) is 37.8 Å². The number of nitrogens with one attached hydrogen (secondary N) is 1. The molecule has 0 aliphatic carbocycles. The van der Waals surface area contributed by atoms with Crippen molar-refractivity contribution in [2.45, 2.75) is 26.7 Å². The second-order valence-corrected chi connectivity index (χ2v) is 11.0. The van der Waals surface area contributed by atoms with E-state index in [2.05, 4.69) is 29.8 Å². The lowest BCUT2D eigenvalue weighted by molar-refractivity contribution is -0.140. The highest BCUT2D eigenvalue weighted by Crippen LogP contribution is 2.47. The monoisotopic (exact) mass is 679 g/mol. The van der Waals surface area contributed by atoms with Crippen molar-refractivity contribution >= 4 is 28.8 Å². The number of fused-ring (bicyclic) bond motifs is 2. The number of hydrogen-bond donors (Lipinski definition) is 1. The standard InChI is InChI=1S/C37H49N3O9/c1-5-6-14-40-33-10-8-7-9-30(33)35(31-26-29(43-4)11-12-34(31)40)32(27-38)36(41)39-13-15-44-16-17-45-18-19-46-20-21-47-22-23-48-24-25-49-37(42)28(2)3/h7-12,26H,2,5-6,13-25H2,1,3-4H3,(H,39,41). The first-order valence-electron chi connectivity index (χ1n) is 16.6. The summed E-state index contributed by atoms with van der Waals surface area (Å²) in [4.78, 5) is 26.8. The van der Waals surface area contributed by atoms with Gasteiger partial charge in [-0.3, -0.25) is 4.79 Å². The predicted octanol–water partition coefficient (Wildman–Crippen LogP) is 4.59. The second-order valence-electron chi connectivity index (χ2n) is 11.0. The lowest BCUT2D eigenvalue weighted by atomic mass is 9.86. The van der Waals surface area contributed by atoms with Gasteiger partial charge in [0, 0.05) is 46.7 Å². The molecule has 0 radical (unpaired) electrons. The zero-order valence-electron chi connectivity index (χ0n) is 28.9. The smallest absolute Gasteiger partial charge is 0.333 e. The van der Waals surface area contributed by atoms with Crippen LogP contribution in [0.3, 0.4) is 0 Å². The summed E-state index contributed by atoms with van der Waals surface area (Å²) in [7, 11) is 1.60. The van der Waals surface area contributed by atoms with Gasteiger partial charge in [-0.1, -0.05) is 38.1 Å². The van der Waals surface area contributed by atoms with Crippen molar-refractivity contribution in [3.8, 4) is 11.8 Å². The van der Waals surface area contributed by atoms with E-state index in [-0.39, 0.29) is 25.3 Å². The van der Waals surface area contributed by atoms with Crippen LogP contribution in [0.15, 0.2) is 60.2 Å². The molecule has 1 amide bonds. The summed E-state index contributed by atoms with van der Waals surface area (Å²) in [6.07, 6.45) is 2.04. The minimum Gasteiger partial charge on any atom is -0.497 e. The van der Waals surface area contributed by atoms with Crippen molar-refractivity contribution in [1.82, 2.24) is 5.32 Å². The Morgan fingerprint density at radius 2 is 1.39 bits per heavy atom. The molecule has 0 bridgehead atoms. The van der Waals surface area contributed by atoms with Crippen molar-refractivity contribution in [3.63, 3.8) is 0 Å². The molecule has 0 atom stereocenters. The minimum absolute atomic E-state index is 0.0398. The van der Waals surface area contributed by atoms with Crippen molar-refractivity contribution in [2.24, 2.45) is 0 Å². The molecule has 1 aliphatic heterocycles. The third-order valence-electron chi connectivity index (χ3n) is 7.38. The van der Waals surface area contributed by atoms with E-state index in [1.54, 1.807) is 14.0 Å². The molecular weight excluding hydrogens is 630 g/mol. The van der Waals surface area contributed by atoms with Crippen LogP contribution in [-0.4, -0.2) is 105 Å². The molecule has 49 heavy (non-hydrogen) atoms. The van der Waals surface area contributed by atoms with Crippen LogP contribution in [0.25, 0.3) is 5.57 Å². The van der Waals surface area contributed by atoms with Crippen LogP contribution in [0, 0.1) is 11.3 Å². The molecule has 3 rings (SSSR count). The van der Waals surface area contributed by atoms with Crippen molar-refractivity contribution < 1.29 is 42.7 Å². The van der Waals surface area contributed by atoms with Gasteiger partial charge in [-0.2, -0.15) is 5.26 Å². The lowest BCUT2D eigenvalue weighted by Gasteiger charge is -2.35. The Labute approximate surface area is 289 Å². The highest BCUT2D eigenvalue weighted by Gasteiger charge is 2.30. The van der Waals surface area contributed by atoms with E-state index >= 15 is 0 Å². The Balaban J connectivity index is 1.34. The van der Waals surface area contributed by atoms with E-state index in [1.165, 1.54) is 0 Å². The summed E-state index contributed by atoms with van der Waals surface area (Å²) in [5.41, 5.74) is 4.50. The van der Waals surface area contributed by atoms with Gasteiger partial charge in [0.2, 0.25) is 0 Å². The number of hydrogen-bond acceptors (Lipinski definition) is 11. The van der Waals surface area contributed by atoms with E-state index in [1.807, 2.05) is 42.5 Å². The molecule has 1 heterocycles. The van der Waals surface area contributed by atoms with Gasteiger partial charge in [0.25, 0.3) is 5.91 Å². The van der Waals surface area contributed by atoms with Gasteiger partial charge in [0.1, 0.15) is 24.0 Å².